The van der Waals surface area contributed by atoms with Gasteiger partial charge in [-0.1, -0.05) is 11.8 Å². The number of nitrogens with zero attached hydrogens (tertiary/aromatic N) is 3. The standard InChI is InChI=1S/C10H11N5S/c1-15-5-4-14-10(15)16-7-2-3-13-8(6-7)9(11)12/h2-6H,1H3,(H3,11,12). The molecule has 6 heteroatoms. The number of aromatic nitrogens is 3. The Labute approximate surface area is 97.2 Å². The normalized spacial score (nSPS) is 10.3. The third-order valence-corrected chi connectivity index (χ3v) is 3.06. The molecule has 0 aliphatic carbocycles. The molecule has 0 aliphatic heterocycles. The summed E-state index contributed by atoms with van der Waals surface area (Å²) in [5.41, 5.74) is 5.86. The zero-order chi connectivity index (χ0) is 11.5. The summed E-state index contributed by atoms with van der Waals surface area (Å²) in [6.45, 7) is 0. The molecule has 2 aromatic heterocycles. The number of amidine groups is 1. The minimum atomic E-state index is -0.0257. The highest BCUT2D eigenvalue weighted by atomic mass is 32.2. The number of nitrogen functional groups attached to an aromatic ring is 1. The molecule has 0 saturated heterocycles. The molecule has 0 atom stereocenters. The average Bonchev–Trinajstić information content (AvgIpc) is 2.65. The fraction of sp³-hybridized carbons (Fsp3) is 0.100. The van der Waals surface area contributed by atoms with E-state index in [2.05, 4.69) is 9.97 Å². The van der Waals surface area contributed by atoms with Gasteiger partial charge in [-0.2, -0.15) is 0 Å². The van der Waals surface area contributed by atoms with Crippen molar-refractivity contribution in [1.29, 1.82) is 5.41 Å². The second kappa shape index (κ2) is 4.36. The van der Waals surface area contributed by atoms with E-state index in [-0.39, 0.29) is 5.84 Å². The molecule has 0 radical (unpaired) electrons. The number of imidazole rings is 1. The van der Waals surface area contributed by atoms with Crippen LogP contribution >= 0.6 is 11.8 Å². The molecule has 0 unspecified atom stereocenters. The molecule has 0 spiro atoms. The number of hydrogen-bond donors (Lipinski definition) is 2. The van der Waals surface area contributed by atoms with Gasteiger partial charge in [-0.05, 0) is 12.1 Å². The van der Waals surface area contributed by atoms with Gasteiger partial charge >= 0.3 is 0 Å². The minimum Gasteiger partial charge on any atom is -0.382 e. The molecule has 0 saturated carbocycles. The van der Waals surface area contributed by atoms with E-state index >= 15 is 0 Å². The van der Waals surface area contributed by atoms with Crippen LogP contribution in [0.2, 0.25) is 0 Å². The lowest BCUT2D eigenvalue weighted by Crippen LogP contribution is -2.12. The number of pyridine rings is 1. The first-order valence-electron chi connectivity index (χ1n) is 4.62. The van der Waals surface area contributed by atoms with Gasteiger partial charge in [0.15, 0.2) is 5.16 Å². The van der Waals surface area contributed by atoms with Crippen molar-refractivity contribution in [3.05, 3.63) is 36.4 Å². The Kier molecular flexibility index (Phi) is 2.91. The highest BCUT2D eigenvalue weighted by Crippen LogP contribution is 2.25. The fourth-order valence-corrected chi connectivity index (χ4v) is 2.01. The first kappa shape index (κ1) is 10.7. The van der Waals surface area contributed by atoms with Crippen molar-refractivity contribution >= 4 is 17.6 Å². The SMILES string of the molecule is Cn1ccnc1Sc1ccnc(C(=N)N)c1. The van der Waals surface area contributed by atoms with Crippen LogP contribution in [0.3, 0.4) is 0 Å². The summed E-state index contributed by atoms with van der Waals surface area (Å²) in [6, 6.07) is 3.65. The van der Waals surface area contributed by atoms with Crippen LogP contribution in [-0.4, -0.2) is 20.4 Å². The van der Waals surface area contributed by atoms with Gasteiger partial charge in [0.2, 0.25) is 0 Å². The monoisotopic (exact) mass is 233 g/mol. The molecular weight excluding hydrogens is 222 g/mol. The van der Waals surface area contributed by atoms with Gasteiger partial charge in [0.25, 0.3) is 0 Å². The summed E-state index contributed by atoms with van der Waals surface area (Å²) in [6.07, 6.45) is 5.27. The fourth-order valence-electron chi connectivity index (χ4n) is 1.18. The summed E-state index contributed by atoms with van der Waals surface area (Å²) in [4.78, 5) is 9.17. The van der Waals surface area contributed by atoms with Crippen molar-refractivity contribution in [3.8, 4) is 0 Å². The van der Waals surface area contributed by atoms with Crippen LogP contribution in [-0.2, 0) is 7.05 Å². The minimum absolute atomic E-state index is 0.0257. The van der Waals surface area contributed by atoms with Gasteiger partial charge in [-0.3, -0.25) is 10.4 Å². The predicted octanol–water partition coefficient (Wildman–Crippen LogP) is 1.25. The highest BCUT2D eigenvalue weighted by Gasteiger charge is 2.04. The van der Waals surface area contributed by atoms with Gasteiger partial charge < -0.3 is 10.3 Å². The lowest BCUT2D eigenvalue weighted by Gasteiger charge is -2.03. The molecule has 82 valence electrons. The highest BCUT2D eigenvalue weighted by molar-refractivity contribution is 7.99. The van der Waals surface area contributed by atoms with Gasteiger partial charge in [0.05, 0.1) is 0 Å². The van der Waals surface area contributed by atoms with E-state index in [1.807, 2.05) is 23.9 Å². The molecule has 0 fully saturated rings. The van der Waals surface area contributed by atoms with Gasteiger partial charge in [-0.25, -0.2) is 4.98 Å². The Bertz CT molecular complexity index is 519. The third kappa shape index (κ3) is 2.22. The van der Waals surface area contributed by atoms with E-state index in [0.29, 0.717) is 5.69 Å². The van der Waals surface area contributed by atoms with E-state index < -0.39 is 0 Å². The Morgan fingerprint density at radius 1 is 1.44 bits per heavy atom. The van der Waals surface area contributed by atoms with Crippen LogP contribution in [0, 0.1) is 5.41 Å². The smallest absolute Gasteiger partial charge is 0.172 e. The Morgan fingerprint density at radius 2 is 2.25 bits per heavy atom. The second-order valence-corrected chi connectivity index (χ2v) is 4.25. The Hall–Kier alpha value is -1.82. The maximum absolute atomic E-state index is 7.31. The molecule has 2 heterocycles. The largest absolute Gasteiger partial charge is 0.382 e. The molecular formula is C10H11N5S. The van der Waals surface area contributed by atoms with E-state index in [1.54, 1.807) is 18.5 Å². The predicted molar refractivity (Wildman–Crippen MR) is 62.6 cm³/mol. The number of nitrogens with two attached hydrogens (primary N) is 1. The Balaban J connectivity index is 2.25. The van der Waals surface area contributed by atoms with Crippen molar-refractivity contribution in [2.75, 3.05) is 0 Å². The first-order chi connectivity index (χ1) is 7.66. The summed E-state index contributed by atoms with van der Waals surface area (Å²) in [5.74, 6) is -0.0257. The molecule has 3 N–H and O–H groups in total. The summed E-state index contributed by atoms with van der Waals surface area (Å²) in [7, 11) is 1.93. The third-order valence-electron chi connectivity index (χ3n) is 1.99. The average molecular weight is 233 g/mol. The van der Waals surface area contributed by atoms with Crippen LogP contribution in [0.15, 0.2) is 40.8 Å². The molecule has 2 rings (SSSR count). The van der Waals surface area contributed by atoms with Gasteiger partial charge in [0.1, 0.15) is 11.5 Å². The van der Waals surface area contributed by atoms with Crippen molar-refractivity contribution in [1.82, 2.24) is 14.5 Å². The van der Waals surface area contributed by atoms with Gasteiger partial charge in [0, 0.05) is 30.5 Å². The molecule has 5 nitrogen and oxygen atoms in total. The van der Waals surface area contributed by atoms with Crippen LogP contribution in [0.1, 0.15) is 5.69 Å². The van der Waals surface area contributed by atoms with Crippen LogP contribution in [0.4, 0.5) is 0 Å². The number of nitrogens with one attached hydrogen (secondary N) is 1. The topological polar surface area (TPSA) is 80.6 Å². The molecule has 0 bridgehead atoms. The zero-order valence-electron chi connectivity index (χ0n) is 8.71. The van der Waals surface area contributed by atoms with Crippen molar-refractivity contribution in [2.24, 2.45) is 12.8 Å². The van der Waals surface area contributed by atoms with E-state index in [1.165, 1.54) is 11.8 Å². The van der Waals surface area contributed by atoms with Crippen molar-refractivity contribution in [3.63, 3.8) is 0 Å². The van der Waals surface area contributed by atoms with E-state index in [9.17, 15) is 0 Å². The second-order valence-electron chi connectivity index (χ2n) is 3.21. The molecule has 16 heavy (non-hydrogen) atoms. The summed E-state index contributed by atoms with van der Waals surface area (Å²) >= 11 is 1.51. The molecule has 2 aromatic rings. The molecule has 0 aliphatic rings. The maximum Gasteiger partial charge on any atom is 0.172 e. The van der Waals surface area contributed by atoms with Gasteiger partial charge in [-0.15, -0.1) is 0 Å². The number of rotatable bonds is 3. The zero-order valence-corrected chi connectivity index (χ0v) is 9.53. The molecule has 0 aromatic carbocycles. The lowest BCUT2D eigenvalue weighted by molar-refractivity contribution is 0.790. The Morgan fingerprint density at radius 3 is 2.88 bits per heavy atom. The van der Waals surface area contributed by atoms with Crippen molar-refractivity contribution < 1.29 is 0 Å². The first-order valence-corrected chi connectivity index (χ1v) is 5.44. The van der Waals surface area contributed by atoms with Crippen LogP contribution in [0.5, 0.6) is 0 Å². The van der Waals surface area contributed by atoms with E-state index in [0.717, 1.165) is 10.1 Å². The summed E-state index contributed by atoms with van der Waals surface area (Å²) < 4.78 is 1.93. The maximum atomic E-state index is 7.31. The quantitative estimate of drug-likeness (QED) is 0.617. The number of hydrogen-bond acceptors (Lipinski definition) is 4. The van der Waals surface area contributed by atoms with Crippen LogP contribution < -0.4 is 5.73 Å². The lowest BCUT2D eigenvalue weighted by atomic mass is 10.3. The van der Waals surface area contributed by atoms with E-state index in [4.69, 9.17) is 11.1 Å². The van der Waals surface area contributed by atoms with Crippen molar-refractivity contribution in [2.45, 2.75) is 10.1 Å². The summed E-state index contributed by atoms with van der Waals surface area (Å²) in [5, 5.41) is 8.20. The van der Waals surface area contributed by atoms with Crippen LogP contribution in [0.25, 0.3) is 0 Å². The number of aryl methyl sites for hydroxylation is 1. The molecule has 0 amide bonds.